The van der Waals surface area contributed by atoms with Gasteiger partial charge in [0.1, 0.15) is 18.0 Å². The predicted molar refractivity (Wildman–Crippen MR) is 104 cm³/mol. The maximum atomic E-state index is 11.7. The standard InChI is InChI=1S/C18H27N7O/c1-13(2)23-17-9-16(20-12-21-17)19-10-14-4-6-25(7-5-14)15-8-18(26)24(3)22-11-15/h8-9,11-14H,4-7,10H2,1-3H3,(H2,19,20,21,23). The summed E-state index contributed by atoms with van der Waals surface area (Å²) in [6.07, 6.45) is 5.50. The molecule has 0 radical (unpaired) electrons. The van der Waals surface area contributed by atoms with Crippen LogP contribution in [0.3, 0.4) is 0 Å². The molecule has 0 unspecified atom stereocenters. The molecular formula is C18H27N7O. The number of aryl methyl sites for hydroxylation is 1. The van der Waals surface area contributed by atoms with E-state index in [1.54, 1.807) is 25.6 Å². The second-order valence-electron chi connectivity index (χ2n) is 7.07. The molecule has 8 heteroatoms. The van der Waals surface area contributed by atoms with Gasteiger partial charge >= 0.3 is 0 Å². The molecule has 1 aliphatic rings. The van der Waals surface area contributed by atoms with Gasteiger partial charge < -0.3 is 15.5 Å². The van der Waals surface area contributed by atoms with Crippen LogP contribution in [0.4, 0.5) is 17.3 Å². The summed E-state index contributed by atoms with van der Waals surface area (Å²) in [5, 5.41) is 10.8. The number of piperidine rings is 1. The van der Waals surface area contributed by atoms with Crippen LogP contribution in [0.15, 0.2) is 29.5 Å². The van der Waals surface area contributed by atoms with Gasteiger partial charge in [-0.1, -0.05) is 0 Å². The first-order valence-electron chi connectivity index (χ1n) is 9.12. The van der Waals surface area contributed by atoms with Gasteiger partial charge in [-0.05, 0) is 32.6 Å². The molecule has 3 rings (SSSR count). The minimum Gasteiger partial charge on any atom is -0.370 e. The highest BCUT2D eigenvalue weighted by molar-refractivity contribution is 5.47. The summed E-state index contributed by atoms with van der Waals surface area (Å²) in [4.78, 5) is 22.5. The first-order valence-corrected chi connectivity index (χ1v) is 9.12. The van der Waals surface area contributed by atoms with Gasteiger partial charge in [0.2, 0.25) is 0 Å². The summed E-state index contributed by atoms with van der Waals surface area (Å²) in [5.41, 5.74) is 0.848. The minimum atomic E-state index is -0.0686. The van der Waals surface area contributed by atoms with Crippen LogP contribution < -0.4 is 21.1 Å². The molecule has 8 nitrogen and oxygen atoms in total. The molecule has 2 N–H and O–H groups in total. The van der Waals surface area contributed by atoms with Gasteiger partial charge in [0.25, 0.3) is 5.56 Å². The molecular weight excluding hydrogens is 330 g/mol. The Balaban J connectivity index is 1.50. The summed E-state index contributed by atoms with van der Waals surface area (Å²) in [5.74, 6) is 2.27. The lowest BCUT2D eigenvalue weighted by Crippen LogP contribution is -2.37. The van der Waals surface area contributed by atoms with Crippen LogP contribution in [-0.4, -0.2) is 45.4 Å². The summed E-state index contributed by atoms with van der Waals surface area (Å²) in [6, 6.07) is 3.95. The lowest BCUT2D eigenvalue weighted by atomic mass is 9.96. The Labute approximate surface area is 153 Å². The van der Waals surface area contributed by atoms with Crippen LogP contribution >= 0.6 is 0 Å². The summed E-state index contributed by atoms with van der Waals surface area (Å²) in [6.45, 7) is 6.93. The Kier molecular flexibility index (Phi) is 5.70. The van der Waals surface area contributed by atoms with Crippen molar-refractivity contribution in [3.8, 4) is 0 Å². The first kappa shape index (κ1) is 18.2. The van der Waals surface area contributed by atoms with Crippen LogP contribution in [0.5, 0.6) is 0 Å². The molecule has 140 valence electrons. The molecule has 0 bridgehead atoms. The van der Waals surface area contributed by atoms with Crippen molar-refractivity contribution in [2.24, 2.45) is 13.0 Å². The molecule has 0 amide bonds. The van der Waals surface area contributed by atoms with E-state index >= 15 is 0 Å². The molecule has 1 fully saturated rings. The number of aromatic nitrogens is 4. The average molecular weight is 357 g/mol. The van der Waals surface area contributed by atoms with Gasteiger partial charge in [-0.3, -0.25) is 4.79 Å². The second-order valence-corrected chi connectivity index (χ2v) is 7.07. The summed E-state index contributed by atoms with van der Waals surface area (Å²) in [7, 11) is 1.67. The van der Waals surface area contributed by atoms with Crippen LogP contribution in [0.25, 0.3) is 0 Å². The maximum absolute atomic E-state index is 11.7. The van der Waals surface area contributed by atoms with Crippen molar-refractivity contribution in [1.29, 1.82) is 0 Å². The lowest BCUT2D eigenvalue weighted by molar-refractivity contribution is 0.422. The Morgan fingerprint density at radius 1 is 1.19 bits per heavy atom. The monoisotopic (exact) mass is 357 g/mol. The topological polar surface area (TPSA) is 88.0 Å². The van der Waals surface area contributed by atoms with Crippen LogP contribution in [0.2, 0.25) is 0 Å². The third-order valence-corrected chi connectivity index (χ3v) is 4.61. The van der Waals surface area contributed by atoms with E-state index in [0.29, 0.717) is 12.0 Å². The minimum absolute atomic E-state index is 0.0686. The van der Waals surface area contributed by atoms with Crippen LogP contribution in [0, 0.1) is 5.92 Å². The smallest absolute Gasteiger partial charge is 0.268 e. The highest BCUT2D eigenvalue weighted by atomic mass is 16.1. The number of anilines is 3. The normalized spacial score (nSPS) is 15.3. The van der Waals surface area contributed by atoms with E-state index in [0.717, 1.165) is 49.8 Å². The van der Waals surface area contributed by atoms with Crippen molar-refractivity contribution >= 4 is 17.3 Å². The van der Waals surface area contributed by atoms with Crippen LogP contribution in [0.1, 0.15) is 26.7 Å². The number of rotatable bonds is 6. The van der Waals surface area contributed by atoms with Crippen molar-refractivity contribution in [2.75, 3.05) is 35.2 Å². The van der Waals surface area contributed by atoms with Crippen molar-refractivity contribution in [1.82, 2.24) is 19.7 Å². The number of hydrogen-bond donors (Lipinski definition) is 2. The van der Waals surface area contributed by atoms with E-state index in [2.05, 4.69) is 44.4 Å². The highest BCUT2D eigenvalue weighted by Crippen LogP contribution is 2.22. The highest BCUT2D eigenvalue weighted by Gasteiger charge is 2.20. The molecule has 1 aliphatic heterocycles. The van der Waals surface area contributed by atoms with E-state index in [4.69, 9.17) is 0 Å². The SMILES string of the molecule is CC(C)Nc1cc(NCC2CCN(c3cnn(C)c(=O)c3)CC2)ncn1. The predicted octanol–water partition coefficient (Wildman–Crippen LogP) is 1.72. The van der Waals surface area contributed by atoms with Crippen molar-refractivity contribution < 1.29 is 0 Å². The molecule has 26 heavy (non-hydrogen) atoms. The van der Waals surface area contributed by atoms with Gasteiger partial charge in [-0.25, -0.2) is 14.6 Å². The molecule has 3 heterocycles. The van der Waals surface area contributed by atoms with Crippen molar-refractivity contribution in [3.05, 3.63) is 35.0 Å². The average Bonchev–Trinajstić information content (AvgIpc) is 2.62. The fourth-order valence-corrected chi connectivity index (χ4v) is 3.11. The fourth-order valence-electron chi connectivity index (χ4n) is 3.11. The zero-order chi connectivity index (χ0) is 18.5. The number of hydrogen-bond acceptors (Lipinski definition) is 7. The zero-order valence-electron chi connectivity index (χ0n) is 15.6. The first-order chi connectivity index (χ1) is 12.5. The molecule has 0 aromatic carbocycles. The Bertz CT molecular complexity index is 781. The second kappa shape index (κ2) is 8.16. The number of nitrogens with one attached hydrogen (secondary N) is 2. The molecule has 0 saturated carbocycles. The Hall–Kier alpha value is -2.64. The van der Waals surface area contributed by atoms with Gasteiger partial charge in [0.15, 0.2) is 0 Å². The van der Waals surface area contributed by atoms with Gasteiger partial charge in [0, 0.05) is 44.9 Å². The van der Waals surface area contributed by atoms with Crippen molar-refractivity contribution in [2.45, 2.75) is 32.7 Å². The molecule has 0 atom stereocenters. The van der Waals surface area contributed by atoms with Crippen molar-refractivity contribution in [3.63, 3.8) is 0 Å². The van der Waals surface area contributed by atoms with E-state index in [9.17, 15) is 4.79 Å². The summed E-state index contributed by atoms with van der Waals surface area (Å²) >= 11 is 0. The third kappa shape index (κ3) is 4.71. The third-order valence-electron chi connectivity index (χ3n) is 4.61. The molecule has 2 aromatic rings. The van der Waals surface area contributed by atoms with Gasteiger partial charge in [0.05, 0.1) is 11.9 Å². The lowest BCUT2D eigenvalue weighted by Gasteiger charge is -2.33. The van der Waals surface area contributed by atoms with Crippen LogP contribution in [-0.2, 0) is 7.05 Å². The van der Waals surface area contributed by atoms with E-state index in [1.807, 2.05) is 6.07 Å². The van der Waals surface area contributed by atoms with E-state index in [-0.39, 0.29) is 5.56 Å². The molecule has 0 aliphatic carbocycles. The van der Waals surface area contributed by atoms with E-state index in [1.165, 1.54) is 4.68 Å². The quantitative estimate of drug-likeness (QED) is 0.814. The van der Waals surface area contributed by atoms with Gasteiger partial charge in [-0.2, -0.15) is 5.10 Å². The Morgan fingerprint density at radius 3 is 2.62 bits per heavy atom. The van der Waals surface area contributed by atoms with E-state index < -0.39 is 0 Å². The molecule has 0 spiro atoms. The molecule has 1 saturated heterocycles. The summed E-state index contributed by atoms with van der Waals surface area (Å²) < 4.78 is 1.35. The Morgan fingerprint density at radius 2 is 1.92 bits per heavy atom. The fraction of sp³-hybridized carbons (Fsp3) is 0.556. The number of nitrogens with zero attached hydrogens (tertiary/aromatic N) is 5. The maximum Gasteiger partial charge on any atom is 0.268 e. The largest absolute Gasteiger partial charge is 0.370 e. The zero-order valence-corrected chi connectivity index (χ0v) is 15.6. The van der Waals surface area contributed by atoms with Gasteiger partial charge in [-0.15, -0.1) is 0 Å². The molecule has 2 aromatic heterocycles.